The summed E-state index contributed by atoms with van der Waals surface area (Å²) < 4.78 is 4.80. The van der Waals surface area contributed by atoms with Crippen molar-refractivity contribution in [3.63, 3.8) is 0 Å². The molecule has 4 heterocycles. The fraction of sp³-hybridized carbons (Fsp3) is 0.115. The zero-order chi connectivity index (χ0) is 37.5. The van der Waals surface area contributed by atoms with Gasteiger partial charge in [-0.2, -0.15) is 0 Å². The van der Waals surface area contributed by atoms with E-state index in [0.29, 0.717) is 0 Å². The molecule has 56 heavy (non-hydrogen) atoms. The van der Waals surface area contributed by atoms with Gasteiger partial charge in [0.25, 0.3) is 0 Å². The molecule has 0 N–H and O–H groups in total. The Balaban J connectivity index is 1.04. The van der Waals surface area contributed by atoms with E-state index >= 15 is 0 Å². The molecule has 0 unspecified atom stereocenters. The normalized spacial score (nSPS) is 14.7. The number of rotatable bonds is 3. The summed E-state index contributed by atoms with van der Waals surface area (Å²) in [6.07, 6.45) is 3.97. The molecular formula is C52H38N4. The van der Waals surface area contributed by atoms with E-state index < -0.39 is 0 Å². The molecule has 4 aromatic heterocycles. The van der Waals surface area contributed by atoms with Crippen molar-refractivity contribution in [3.05, 3.63) is 180 Å². The van der Waals surface area contributed by atoms with Crippen LogP contribution >= 0.6 is 0 Å². The average molecular weight is 719 g/mol. The molecule has 6 aromatic carbocycles. The molecule has 266 valence electrons. The van der Waals surface area contributed by atoms with Gasteiger partial charge in [-0.05, 0) is 69.8 Å². The summed E-state index contributed by atoms with van der Waals surface area (Å²) in [5.74, 6) is 0.884. The monoisotopic (exact) mass is 718 g/mol. The second-order valence-corrected chi connectivity index (χ2v) is 16.6. The lowest BCUT2D eigenvalue weighted by molar-refractivity contribution is 0.660. The van der Waals surface area contributed by atoms with Crippen molar-refractivity contribution in [2.75, 3.05) is 0 Å². The van der Waals surface area contributed by atoms with Crippen LogP contribution in [-0.2, 0) is 10.8 Å². The van der Waals surface area contributed by atoms with E-state index in [4.69, 9.17) is 9.97 Å². The van der Waals surface area contributed by atoms with Crippen LogP contribution in [0.3, 0.4) is 0 Å². The van der Waals surface area contributed by atoms with E-state index in [1.54, 1.807) is 0 Å². The zero-order valence-electron chi connectivity index (χ0n) is 31.8. The highest BCUT2D eigenvalue weighted by Crippen LogP contribution is 2.54. The van der Waals surface area contributed by atoms with Gasteiger partial charge < -0.3 is 4.57 Å². The van der Waals surface area contributed by atoms with Gasteiger partial charge >= 0.3 is 0 Å². The minimum Gasteiger partial charge on any atom is -0.307 e. The first kappa shape index (κ1) is 31.6. The van der Waals surface area contributed by atoms with Gasteiger partial charge in [-0.1, -0.05) is 137 Å². The maximum Gasteiger partial charge on any atom is 0.138 e. The molecule has 0 saturated carbocycles. The largest absolute Gasteiger partial charge is 0.307 e. The van der Waals surface area contributed by atoms with Gasteiger partial charge in [0.05, 0.1) is 39.6 Å². The average Bonchev–Trinajstić information content (AvgIpc) is 3.90. The predicted molar refractivity (Wildman–Crippen MR) is 231 cm³/mol. The number of fused-ring (bicyclic) bond motifs is 14. The fourth-order valence-corrected chi connectivity index (χ4v) is 10.4. The van der Waals surface area contributed by atoms with Crippen LogP contribution < -0.4 is 0 Å². The number of benzene rings is 6. The molecule has 0 radical (unpaired) electrons. The maximum atomic E-state index is 5.18. The molecule has 0 saturated heterocycles. The molecular weight excluding hydrogens is 681 g/mol. The molecule has 4 heteroatoms. The lowest BCUT2D eigenvalue weighted by Crippen LogP contribution is -2.14. The quantitative estimate of drug-likeness (QED) is 0.182. The molecule has 4 nitrogen and oxygen atoms in total. The maximum absolute atomic E-state index is 5.18. The zero-order valence-corrected chi connectivity index (χ0v) is 31.8. The van der Waals surface area contributed by atoms with E-state index in [0.717, 1.165) is 28.3 Å². The number of hydrogen-bond acceptors (Lipinski definition) is 2. The lowest BCUT2D eigenvalue weighted by Gasteiger charge is -2.21. The summed E-state index contributed by atoms with van der Waals surface area (Å²) in [6, 6.07) is 53.3. The van der Waals surface area contributed by atoms with Gasteiger partial charge in [0.15, 0.2) is 0 Å². The Kier molecular flexibility index (Phi) is 6.15. The highest BCUT2D eigenvalue weighted by Gasteiger charge is 2.39. The van der Waals surface area contributed by atoms with Crippen molar-refractivity contribution in [3.8, 4) is 45.0 Å². The molecule has 0 bridgehead atoms. The van der Waals surface area contributed by atoms with Crippen molar-refractivity contribution in [2.24, 2.45) is 0 Å². The number of aromatic nitrogens is 4. The Morgan fingerprint density at radius 3 is 1.57 bits per heavy atom. The number of hydrogen-bond donors (Lipinski definition) is 0. The Bertz CT molecular complexity index is 3300. The number of pyridine rings is 2. The summed E-state index contributed by atoms with van der Waals surface area (Å²) in [5.41, 5.74) is 18.3. The van der Waals surface area contributed by atoms with Gasteiger partial charge in [-0.25, -0.2) is 4.98 Å². The van der Waals surface area contributed by atoms with Gasteiger partial charge in [0.1, 0.15) is 5.82 Å². The van der Waals surface area contributed by atoms with Gasteiger partial charge in [0, 0.05) is 55.3 Å². The van der Waals surface area contributed by atoms with Crippen LogP contribution in [0.2, 0.25) is 0 Å². The molecule has 0 amide bonds. The van der Waals surface area contributed by atoms with E-state index in [1.807, 2.05) is 12.4 Å². The Morgan fingerprint density at radius 1 is 0.446 bits per heavy atom. The molecule has 0 fully saturated rings. The smallest absolute Gasteiger partial charge is 0.138 e. The molecule has 2 aliphatic carbocycles. The highest BCUT2D eigenvalue weighted by atomic mass is 15.1. The molecule has 0 atom stereocenters. The lowest BCUT2D eigenvalue weighted by atomic mass is 9.82. The summed E-state index contributed by atoms with van der Waals surface area (Å²) in [7, 11) is 0. The van der Waals surface area contributed by atoms with Crippen molar-refractivity contribution >= 4 is 43.6 Å². The Morgan fingerprint density at radius 2 is 0.982 bits per heavy atom. The van der Waals surface area contributed by atoms with Crippen molar-refractivity contribution in [1.29, 1.82) is 0 Å². The van der Waals surface area contributed by atoms with E-state index in [2.05, 4.69) is 182 Å². The topological polar surface area (TPSA) is 35.6 Å². The summed E-state index contributed by atoms with van der Waals surface area (Å²) in [6.45, 7) is 9.39. The third-order valence-corrected chi connectivity index (χ3v) is 13.0. The first-order valence-electron chi connectivity index (χ1n) is 19.6. The van der Waals surface area contributed by atoms with Crippen molar-refractivity contribution < 1.29 is 0 Å². The standard InChI is InChI=1S/C52H38N4/c1-51(2)39-17-9-5-15-37(39)47-41(51)24-22-35-33-13-7-11-19-44(33)55(49(35)47)32-21-26-43(54-30-32)31-27-28-53-46(29-31)56-45-20-12-8-14-34(45)36-23-25-42-48(50(36)56)38-16-6-10-18-40(38)52(42,3)4/h5-30H,1-4H3. The van der Waals surface area contributed by atoms with Crippen LogP contribution in [-0.4, -0.2) is 19.1 Å². The molecule has 0 aliphatic heterocycles. The molecule has 10 aromatic rings. The van der Waals surface area contributed by atoms with Crippen molar-refractivity contribution in [2.45, 2.75) is 38.5 Å². The summed E-state index contributed by atoms with van der Waals surface area (Å²) in [5, 5.41) is 4.98. The third kappa shape index (κ3) is 3.98. The second kappa shape index (κ2) is 10.9. The number of para-hydroxylation sites is 2. The SMILES string of the molecule is CC1(C)c2ccccc2-c2c1ccc1c3ccccc3n(-c3ccc(-c4ccnc(-n5c6ccccc6c6ccc7c(c65)-c5ccccc5C7(C)C)c4)nc3)c21. The Labute approximate surface area is 325 Å². The second-order valence-electron chi connectivity index (χ2n) is 16.6. The molecule has 12 rings (SSSR count). The van der Waals surface area contributed by atoms with Crippen LogP contribution in [0.25, 0.3) is 88.6 Å². The van der Waals surface area contributed by atoms with Crippen LogP contribution in [0.1, 0.15) is 49.9 Å². The van der Waals surface area contributed by atoms with E-state index in [-0.39, 0.29) is 10.8 Å². The van der Waals surface area contributed by atoms with E-state index in [1.165, 1.54) is 82.6 Å². The minimum absolute atomic E-state index is 0.0847. The minimum atomic E-state index is -0.0988. The number of nitrogens with zero attached hydrogens (tertiary/aromatic N) is 4. The van der Waals surface area contributed by atoms with Crippen LogP contribution in [0.15, 0.2) is 158 Å². The van der Waals surface area contributed by atoms with Gasteiger partial charge in [-0.3, -0.25) is 9.55 Å². The predicted octanol–water partition coefficient (Wildman–Crippen LogP) is 13.0. The van der Waals surface area contributed by atoms with Crippen LogP contribution in [0.5, 0.6) is 0 Å². The van der Waals surface area contributed by atoms with Crippen LogP contribution in [0.4, 0.5) is 0 Å². The molecule has 2 aliphatic rings. The van der Waals surface area contributed by atoms with Gasteiger partial charge in [-0.15, -0.1) is 0 Å². The molecule has 0 spiro atoms. The summed E-state index contributed by atoms with van der Waals surface area (Å²) in [4.78, 5) is 10.2. The third-order valence-electron chi connectivity index (χ3n) is 13.0. The van der Waals surface area contributed by atoms with Crippen LogP contribution in [0, 0.1) is 0 Å². The summed E-state index contributed by atoms with van der Waals surface area (Å²) >= 11 is 0. The van der Waals surface area contributed by atoms with Gasteiger partial charge in [0.2, 0.25) is 0 Å². The van der Waals surface area contributed by atoms with Crippen molar-refractivity contribution in [1.82, 2.24) is 19.1 Å². The highest BCUT2D eigenvalue weighted by molar-refractivity contribution is 6.17. The first-order chi connectivity index (χ1) is 27.3. The Hall–Kier alpha value is -6.78. The first-order valence-corrected chi connectivity index (χ1v) is 19.6. The fourth-order valence-electron chi connectivity index (χ4n) is 10.4. The van der Waals surface area contributed by atoms with E-state index in [9.17, 15) is 0 Å².